The highest BCUT2D eigenvalue weighted by atomic mass is 19.1. The summed E-state index contributed by atoms with van der Waals surface area (Å²) in [4.78, 5) is 13.1. The average molecular weight is 422 g/mol. The first-order chi connectivity index (χ1) is 15.0. The lowest BCUT2D eigenvalue weighted by molar-refractivity contribution is -0.137. The van der Waals surface area contributed by atoms with E-state index in [9.17, 15) is 9.18 Å². The lowest BCUT2D eigenvalue weighted by Gasteiger charge is -2.38. The van der Waals surface area contributed by atoms with E-state index in [-0.39, 0.29) is 17.7 Å². The normalized spacial score (nSPS) is 20.2. The second-order valence-electron chi connectivity index (χ2n) is 9.16. The van der Waals surface area contributed by atoms with Crippen molar-refractivity contribution in [2.75, 3.05) is 26.2 Å². The summed E-state index contributed by atoms with van der Waals surface area (Å²) in [6.45, 7) is 3.09. The summed E-state index contributed by atoms with van der Waals surface area (Å²) in [6.07, 6.45) is 8.33. The van der Waals surface area contributed by atoms with Crippen molar-refractivity contribution in [2.45, 2.75) is 43.4 Å². The fourth-order valence-electron chi connectivity index (χ4n) is 5.03. The molecule has 1 saturated heterocycles. The van der Waals surface area contributed by atoms with Crippen LogP contribution in [0.25, 0.3) is 12.2 Å². The van der Waals surface area contributed by atoms with E-state index in [2.05, 4.69) is 23.1 Å². The van der Waals surface area contributed by atoms with Gasteiger partial charge in [0, 0.05) is 23.1 Å². The number of fused-ring (bicyclic) bond motifs is 2. The highest BCUT2D eigenvalue weighted by Crippen LogP contribution is 2.46. The molecule has 2 aromatic rings. The number of hydrogen-bond donors (Lipinski definition) is 1. The Morgan fingerprint density at radius 2 is 2.00 bits per heavy atom. The van der Waals surface area contributed by atoms with Gasteiger partial charge in [-0.25, -0.2) is 4.39 Å². The number of hydrogen-bond acceptors (Lipinski definition) is 3. The molecule has 0 bridgehead atoms. The Morgan fingerprint density at radius 3 is 2.74 bits per heavy atom. The Balaban J connectivity index is 1.31. The molecule has 5 rings (SSSR count). The molecule has 1 spiro atoms. The largest absolute Gasteiger partial charge is 0.492 e. The second kappa shape index (κ2) is 8.12. The predicted octanol–water partition coefficient (Wildman–Crippen LogP) is 5.07. The molecule has 2 aromatic carbocycles. The van der Waals surface area contributed by atoms with Gasteiger partial charge in [-0.3, -0.25) is 4.79 Å². The standard InChI is InChI=1S/C26H28FNO3/c27-23-3-1-2-20(19-6-7-19)21(23)8-4-18-5-9-22-24(16-18)31-17-26(22)11-14-28(15-12-26)13-10-25(29)30/h1-5,8-9,16,19H,6-7,10-15,17H2,(H,29,30). The third-order valence-corrected chi connectivity index (χ3v) is 7.08. The average Bonchev–Trinajstić information content (AvgIpc) is 3.56. The molecule has 4 nitrogen and oxygen atoms in total. The van der Waals surface area contributed by atoms with Crippen molar-refractivity contribution in [1.29, 1.82) is 0 Å². The van der Waals surface area contributed by atoms with Gasteiger partial charge in [0.25, 0.3) is 0 Å². The molecule has 1 saturated carbocycles. The van der Waals surface area contributed by atoms with Gasteiger partial charge in [0.15, 0.2) is 0 Å². The number of rotatable bonds is 6. The van der Waals surface area contributed by atoms with Gasteiger partial charge < -0.3 is 14.7 Å². The minimum absolute atomic E-state index is 0.0297. The van der Waals surface area contributed by atoms with Crippen LogP contribution in [-0.2, 0) is 10.2 Å². The molecule has 0 aromatic heterocycles. The van der Waals surface area contributed by atoms with Crippen LogP contribution in [-0.4, -0.2) is 42.2 Å². The number of carboxylic acids is 1. The van der Waals surface area contributed by atoms with E-state index in [1.165, 1.54) is 11.6 Å². The summed E-state index contributed by atoms with van der Waals surface area (Å²) < 4.78 is 20.5. The van der Waals surface area contributed by atoms with Gasteiger partial charge in [0.05, 0.1) is 13.0 Å². The van der Waals surface area contributed by atoms with Crippen molar-refractivity contribution in [2.24, 2.45) is 0 Å². The van der Waals surface area contributed by atoms with Crippen LogP contribution in [0.3, 0.4) is 0 Å². The topological polar surface area (TPSA) is 49.8 Å². The van der Waals surface area contributed by atoms with Gasteiger partial charge in [-0.05, 0) is 68.0 Å². The summed E-state index contributed by atoms with van der Waals surface area (Å²) in [5, 5.41) is 8.91. The Morgan fingerprint density at radius 1 is 1.19 bits per heavy atom. The third kappa shape index (κ3) is 4.11. The number of ether oxygens (including phenoxy) is 1. The van der Waals surface area contributed by atoms with Gasteiger partial charge in [-0.15, -0.1) is 0 Å². The molecular weight excluding hydrogens is 393 g/mol. The summed E-state index contributed by atoms with van der Waals surface area (Å²) in [7, 11) is 0. The van der Waals surface area contributed by atoms with E-state index >= 15 is 0 Å². The van der Waals surface area contributed by atoms with Crippen LogP contribution in [0.5, 0.6) is 5.75 Å². The molecule has 31 heavy (non-hydrogen) atoms. The summed E-state index contributed by atoms with van der Waals surface area (Å²) >= 11 is 0. The van der Waals surface area contributed by atoms with Crippen LogP contribution >= 0.6 is 0 Å². The van der Waals surface area contributed by atoms with Crippen LogP contribution in [0.15, 0.2) is 36.4 Å². The van der Waals surface area contributed by atoms with Crippen LogP contribution in [0.2, 0.25) is 0 Å². The molecule has 1 aliphatic carbocycles. The van der Waals surface area contributed by atoms with Gasteiger partial charge in [0.1, 0.15) is 11.6 Å². The Bertz CT molecular complexity index is 1020. The number of piperidine rings is 1. The highest BCUT2D eigenvalue weighted by molar-refractivity contribution is 5.73. The number of halogens is 1. The zero-order valence-electron chi connectivity index (χ0n) is 17.6. The number of carboxylic acid groups (broad SMARTS) is 1. The zero-order valence-corrected chi connectivity index (χ0v) is 17.6. The SMILES string of the molecule is O=C(O)CCN1CCC2(CC1)COc1cc(C=Cc3c(F)cccc3C3CC3)ccc12. The molecule has 0 unspecified atom stereocenters. The lowest BCUT2D eigenvalue weighted by Crippen LogP contribution is -2.44. The maximum Gasteiger partial charge on any atom is 0.304 e. The van der Waals surface area contributed by atoms with E-state index < -0.39 is 5.97 Å². The molecule has 3 aliphatic rings. The van der Waals surface area contributed by atoms with Crippen LogP contribution in [0, 0.1) is 5.82 Å². The molecule has 1 N–H and O–H groups in total. The van der Waals surface area contributed by atoms with Crippen molar-refractivity contribution >= 4 is 18.1 Å². The molecule has 5 heteroatoms. The molecule has 0 amide bonds. The molecule has 2 heterocycles. The summed E-state index contributed by atoms with van der Waals surface area (Å²) in [5.41, 5.74) is 4.12. The van der Waals surface area contributed by atoms with Crippen molar-refractivity contribution in [3.05, 3.63) is 64.5 Å². The Hall–Kier alpha value is -2.66. The van der Waals surface area contributed by atoms with Crippen LogP contribution in [0.1, 0.15) is 60.3 Å². The number of likely N-dealkylation sites (tertiary alicyclic amines) is 1. The Kier molecular flexibility index (Phi) is 5.30. The molecular formula is C26H28FNO3. The maximum absolute atomic E-state index is 14.4. The van der Waals surface area contributed by atoms with E-state index in [1.807, 2.05) is 18.2 Å². The van der Waals surface area contributed by atoms with Crippen LogP contribution < -0.4 is 4.74 Å². The minimum atomic E-state index is -0.741. The van der Waals surface area contributed by atoms with Crippen molar-refractivity contribution in [3.8, 4) is 5.75 Å². The number of benzene rings is 2. The van der Waals surface area contributed by atoms with Crippen molar-refractivity contribution in [1.82, 2.24) is 4.90 Å². The van der Waals surface area contributed by atoms with Gasteiger partial charge >= 0.3 is 5.97 Å². The van der Waals surface area contributed by atoms with E-state index in [1.54, 1.807) is 6.07 Å². The monoisotopic (exact) mass is 421 g/mol. The molecule has 2 fully saturated rings. The molecule has 162 valence electrons. The highest BCUT2D eigenvalue weighted by Gasteiger charge is 2.42. The number of carbonyl (C=O) groups is 1. The summed E-state index contributed by atoms with van der Waals surface area (Å²) in [6, 6.07) is 11.7. The summed E-state index contributed by atoms with van der Waals surface area (Å²) in [5.74, 6) is 0.527. The third-order valence-electron chi connectivity index (χ3n) is 7.08. The zero-order chi connectivity index (χ0) is 21.4. The van der Waals surface area contributed by atoms with Gasteiger partial charge in [-0.1, -0.05) is 36.4 Å². The maximum atomic E-state index is 14.4. The number of nitrogens with zero attached hydrogens (tertiary/aromatic N) is 1. The minimum Gasteiger partial charge on any atom is -0.492 e. The lowest BCUT2D eigenvalue weighted by atomic mass is 9.74. The molecule has 0 atom stereocenters. The van der Waals surface area contributed by atoms with Crippen molar-refractivity contribution in [3.63, 3.8) is 0 Å². The van der Waals surface area contributed by atoms with Gasteiger partial charge in [0.2, 0.25) is 0 Å². The van der Waals surface area contributed by atoms with E-state index in [0.29, 0.717) is 24.6 Å². The van der Waals surface area contributed by atoms with Gasteiger partial charge in [-0.2, -0.15) is 0 Å². The first kappa shape index (κ1) is 20.3. The molecule has 2 aliphatic heterocycles. The molecule has 0 radical (unpaired) electrons. The first-order valence-corrected chi connectivity index (χ1v) is 11.2. The van der Waals surface area contributed by atoms with E-state index in [4.69, 9.17) is 9.84 Å². The Labute approximate surface area is 182 Å². The fourth-order valence-corrected chi connectivity index (χ4v) is 5.03. The predicted molar refractivity (Wildman–Crippen MR) is 119 cm³/mol. The number of aliphatic carboxylic acids is 1. The van der Waals surface area contributed by atoms with Crippen molar-refractivity contribution < 1.29 is 19.0 Å². The fraction of sp³-hybridized carbons (Fsp3) is 0.423. The smallest absolute Gasteiger partial charge is 0.304 e. The van der Waals surface area contributed by atoms with Crippen LogP contribution in [0.4, 0.5) is 4.39 Å². The first-order valence-electron chi connectivity index (χ1n) is 11.2. The second-order valence-corrected chi connectivity index (χ2v) is 9.16. The quantitative estimate of drug-likeness (QED) is 0.662. The van der Waals surface area contributed by atoms with E-state index in [0.717, 1.165) is 55.6 Å².